The second-order valence-corrected chi connectivity index (χ2v) is 5.20. The quantitative estimate of drug-likeness (QED) is 0.552. The highest BCUT2D eigenvalue weighted by molar-refractivity contribution is 5.16. The van der Waals surface area contributed by atoms with Crippen molar-refractivity contribution in [2.45, 2.75) is 47.5 Å². The van der Waals surface area contributed by atoms with Crippen LogP contribution in [-0.2, 0) is 0 Å². The molecule has 1 aliphatic carbocycles. The maximum Gasteiger partial charge on any atom is -0.0109 e. The zero-order chi connectivity index (χ0) is 10.1. The van der Waals surface area contributed by atoms with Crippen LogP contribution in [0.2, 0.25) is 0 Å². The minimum atomic E-state index is 0.344. The largest absolute Gasteiger partial charge is 0.0816 e. The van der Waals surface area contributed by atoms with E-state index in [0.717, 1.165) is 5.92 Å². The summed E-state index contributed by atoms with van der Waals surface area (Å²) in [4.78, 5) is 0. The van der Waals surface area contributed by atoms with Crippen LogP contribution in [-0.4, -0.2) is 0 Å². The van der Waals surface area contributed by atoms with Gasteiger partial charge in [0.15, 0.2) is 0 Å². The molecule has 1 unspecified atom stereocenters. The van der Waals surface area contributed by atoms with Crippen LogP contribution in [0.5, 0.6) is 0 Å². The van der Waals surface area contributed by atoms with Gasteiger partial charge in [-0.05, 0) is 44.9 Å². The third-order valence-corrected chi connectivity index (χ3v) is 2.95. The summed E-state index contributed by atoms with van der Waals surface area (Å²) in [6.07, 6.45) is 7.50. The van der Waals surface area contributed by atoms with Crippen molar-refractivity contribution in [3.8, 4) is 0 Å². The molecule has 13 heavy (non-hydrogen) atoms. The summed E-state index contributed by atoms with van der Waals surface area (Å²) in [6.45, 7) is 11.3. The lowest BCUT2D eigenvalue weighted by molar-refractivity contribution is 0.337. The number of rotatable bonds is 2. The fourth-order valence-electron chi connectivity index (χ4n) is 2.33. The second kappa shape index (κ2) is 3.69. The van der Waals surface area contributed by atoms with Gasteiger partial charge in [-0.15, -0.1) is 0 Å². The van der Waals surface area contributed by atoms with Gasteiger partial charge >= 0.3 is 0 Å². The maximum atomic E-state index is 2.46. The molecule has 0 heterocycles. The van der Waals surface area contributed by atoms with E-state index < -0.39 is 0 Å². The van der Waals surface area contributed by atoms with E-state index in [1.807, 2.05) is 0 Å². The third-order valence-electron chi connectivity index (χ3n) is 2.95. The molecular weight excluding hydrogens is 156 g/mol. The molecule has 0 aliphatic heterocycles. The van der Waals surface area contributed by atoms with Crippen molar-refractivity contribution >= 4 is 0 Å². The van der Waals surface area contributed by atoms with Crippen LogP contribution in [0.1, 0.15) is 47.5 Å². The highest BCUT2D eigenvalue weighted by Crippen LogP contribution is 2.39. The first-order valence-electron chi connectivity index (χ1n) is 5.25. The number of hydrogen-bond donors (Lipinski definition) is 0. The normalized spacial score (nSPS) is 22.8. The summed E-state index contributed by atoms with van der Waals surface area (Å²) in [7, 11) is 0. The minimum Gasteiger partial charge on any atom is -0.0816 e. The molecule has 0 N–H and O–H groups in total. The average molecular weight is 178 g/mol. The van der Waals surface area contributed by atoms with Gasteiger partial charge in [-0.25, -0.2) is 0 Å². The predicted molar refractivity (Wildman–Crippen MR) is 59.7 cm³/mol. The van der Waals surface area contributed by atoms with Crippen LogP contribution >= 0.6 is 0 Å². The van der Waals surface area contributed by atoms with E-state index >= 15 is 0 Å². The Labute approximate surface area is 82.7 Å². The Morgan fingerprint density at radius 1 is 1.46 bits per heavy atom. The lowest BCUT2D eigenvalue weighted by Gasteiger charge is -2.27. The molecule has 0 radical (unpaired) electrons. The zero-order valence-electron chi connectivity index (χ0n) is 9.65. The van der Waals surface area contributed by atoms with Crippen molar-refractivity contribution < 1.29 is 0 Å². The Balaban J connectivity index is 2.76. The molecule has 0 aromatic heterocycles. The highest BCUT2D eigenvalue weighted by Gasteiger charge is 2.28. The number of hydrogen-bond acceptors (Lipinski definition) is 0. The van der Waals surface area contributed by atoms with E-state index in [0.29, 0.717) is 5.41 Å². The Morgan fingerprint density at radius 3 is 2.46 bits per heavy atom. The summed E-state index contributed by atoms with van der Waals surface area (Å²) in [5.74, 6) is 0.752. The summed E-state index contributed by atoms with van der Waals surface area (Å²) in [5, 5.41) is 0. The number of allylic oxidation sites excluding steroid dienone is 4. The topological polar surface area (TPSA) is 0 Å². The fourth-order valence-corrected chi connectivity index (χ4v) is 2.33. The molecule has 0 amide bonds. The molecule has 0 saturated heterocycles. The second-order valence-electron chi connectivity index (χ2n) is 5.20. The first-order valence-corrected chi connectivity index (χ1v) is 5.25. The summed E-state index contributed by atoms with van der Waals surface area (Å²) in [6, 6.07) is 0. The molecule has 0 fully saturated rings. The van der Waals surface area contributed by atoms with Crippen LogP contribution in [0.15, 0.2) is 23.3 Å². The van der Waals surface area contributed by atoms with Gasteiger partial charge in [0, 0.05) is 0 Å². The van der Waals surface area contributed by atoms with Crippen molar-refractivity contribution in [3.05, 3.63) is 23.3 Å². The lowest BCUT2D eigenvalue weighted by Crippen LogP contribution is -2.18. The molecule has 74 valence electrons. The van der Waals surface area contributed by atoms with Crippen LogP contribution in [0.3, 0.4) is 0 Å². The fraction of sp³-hybridized carbons (Fsp3) is 0.692. The standard InChI is InChI=1S/C13H22/c1-10(2)9-13(4,5)12-7-6-11(3)8-12/h8-9,12H,6-7H2,1-5H3. The van der Waals surface area contributed by atoms with Crippen LogP contribution < -0.4 is 0 Å². The lowest BCUT2D eigenvalue weighted by atomic mass is 9.77. The smallest absolute Gasteiger partial charge is 0.0109 e. The van der Waals surface area contributed by atoms with Crippen molar-refractivity contribution in [1.82, 2.24) is 0 Å². The van der Waals surface area contributed by atoms with Gasteiger partial charge in [-0.1, -0.05) is 37.1 Å². The van der Waals surface area contributed by atoms with Gasteiger partial charge in [-0.2, -0.15) is 0 Å². The first-order chi connectivity index (χ1) is 5.92. The maximum absolute atomic E-state index is 2.46. The van der Waals surface area contributed by atoms with E-state index in [-0.39, 0.29) is 0 Å². The van der Waals surface area contributed by atoms with Crippen LogP contribution in [0, 0.1) is 11.3 Å². The van der Waals surface area contributed by atoms with E-state index in [4.69, 9.17) is 0 Å². The van der Waals surface area contributed by atoms with E-state index in [1.165, 1.54) is 18.4 Å². The Morgan fingerprint density at radius 2 is 2.08 bits per heavy atom. The van der Waals surface area contributed by atoms with E-state index in [1.54, 1.807) is 5.57 Å². The third kappa shape index (κ3) is 2.72. The van der Waals surface area contributed by atoms with Gasteiger partial charge in [0.25, 0.3) is 0 Å². The molecule has 0 aromatic rings. The summed E-state index contributed by atoms with van der Waals surface area (Å²) >= 11 is 0. The zero-order valence-corrected chi connectivity index (χ0v) is 9.65. The molecule has 0 nitrogen and oxygen atoms in total. The van der Waals surface area contributed by atoms with Crippen molar-refractivity contribution in [2.75, 3.05) is 0 Å². The predicted octanol–water partition coefficient (Wildman–Crippen LogP) is 4.34. The van der Waals surface area contributed by atoms with Crippen molar-refractivity contribution in [2.24, 2.45) is 11.3 Å². The summed E-state index contributed by atoms with van der Waals surface area (Å²) in [5.41, 5.74) is 3.35. The van der Waals surface area contributed by atoms with Gasteiger partial charge in [0.2, 0.25) is 0 Å². The molecule has 1 atom stereocenters. The van der Waals surface area contributed by atoms with E-state index in [9.17, 15) is 0 Å². The van der Waals surface area contributed by atoms with Gasteiger partial charge in [-0.3, -0.25) is 0 Å². The van der Waals surface area contributed by atoms with Crippen LogP contribution in [0.25, 0.3) is 0 Å². The first kappa shape index (κ1) is 10.6. The molecular formula is C13H22. The average Bonchev–Trinajstić information content (AvgIpc) is 2.32. The molecule has 0 heteroatoms. The Hall–Kier alpha value is -0.520. The SMILES string of the molecule is CC(C)=CC(C)(C)C1C=C(C)CC1. The van der Waals surface area contributed by atoms with Crippen molar-refractivity contribution in [1.29, 1.82) is 0 Å². The highest BCUT2D eigenvalue weighted by atomic mass is 14.3. The molecule has 0 aromatic carbocycles. The van der Waals surface area contributed by atoms with Crippen molar-refractivity contribution in [3.63, 3.8) is 0 Å². The molecule has 0 bridgehead atoms. The van der Waals surface area contributed by atoms with Gasteiger partial charge < -0.3 is 0 Å². The molecule has 1 rings (SSSR count). The molecule has 0 saturated carbocycles. The Kier molecular flexibility index (Phi) is 3.00. The molecule has 1 aliphatic rings. The van der Waals surface area contributed by atoms with Gasteiger partial charge in [0.1, 0.15) is 0 Å². The minimum absolute atomic E-state index is 0.344. The molecule has 0 spiro atoms. The van der Waals surface area contributed by atoms with E-state index in [2.05, 4.69) is 46.8 Å². The monoisotopic (exact) mass is 178 g/mol. The van der Waals surface area contributed by atoms with Crippen LogP contribution in [0.4, 0.5) is 0 Å². The van der Waals surface area contributed by atoms with Gasteiger partial charge in [0.05, 0.1) is 0 Å². The Bertz CT molecular complexity index is 237. The summed E-state index contributed by atoms with van der Waals surface area (Å²) < 4.78 is 0.